The number of ether oxygens (including phenoxy) is 1. The molecule has 0 saturated carbocycles. The van der Waals surface area contributed by atoms with Crippen LogP contribution in [0, 0.1) is 5.41 Å². The summed E-state index contributed by atoms with van der Waals surface area (Å²) in [4.78, 5) is 13.1. The van der Waals surface area contributed by atoms with E-state index in [-0.39, 0.29) is 17.9 Å². The van der Waals surface area contributed by atoms with Crippen molar-refractivity contribution in [1.29, 1.82) is 0 Å². The number of tetrazole rings is 1. The van der Waals surface area contributed by atoms with Crippen LogP contribution >= 0.6 is 11.3 Å². The van der Waals surface area contributed by atoms with Gasteiger partial charge in [-0.2, -0.15) is 16.1 Å². The Bertz CT molecular complexity index is 591. The Kier molecular flexibility index (Phi) is 3.49. The number of hydrogen-bond donors (Lipinski definition) is 1. The van der Waals surface area contributed by atoms with Gasteiger partial charge < -0.3 is 10.1 Å². The summed E-state index contributed by atoms with van der Waals surface area (Å²) in [5.41, 5.74) is 0.980. The van der Waals surface area contributed by atoms with Gasteiger partial charge in [0.25, 0.3) is 0 Å². The molecule has 1 fully saturated rings. The Balaban J connectivity index is 1.54. The number of hydrogen-bond acceptors (Lipinski definition) is 6. The smallest absolute Gasteiger partial charge is 0.243 e. The predicted octanol–water partition coefficient (Wildman–Crippen LogP) is 0.554. The van der Waals surface area contributed by atoms with Gasteiger partial charge in [-0.1, -0.05) is 6.92 Å². The average Bonchev–Trinajstić information content (AvgIpc) is 3.04. The van der Waals surface area contributed by atoms with Crippen molar-refractivity contribution in [2.24, 2.45) is 5.41 Å². The molecule has 20 heavy (non-hydrogen) atoms. The molecule has 1 aliphatic heterocycles. The first kappa shape index (κ1) is 13.2. The number of nitrogens with zero attached hydrogens (tertiary/aromatic N) is 4. The number of rotatable bonds is 5. The number of carbonyl (C=O) groups is 1. The van der Waals surface area contributed by atoms with Crippen LogP contribution in [0.4, 0.5) is 0 Å². The zero-order chi connectivity index (χ0) is 14.0. The van der Waals surface area contributed by atoms with E-state index in [4.69, 9.17) is 4.74 Å². The molecule has 0 spiro atoms. The van der Waals surface area contributed by atoms with E-state index in [1.54, 1.807) is 11.3 Å². The monoisotopic (exact) mass is 293 g/mol. The summed E-state index contributed by atoms with van der Waals surface area (Å²) < 4.78 is 5.14. The molecule has 3 rings (SSSR count). The summed E-state index contributed by atoms with van der Waals surface area (Å²) in [6.45, 7) is 4.15. The molecule has 0 aliphatic carbocycles. The Morgan fingerprint density at radius 1 is 1.60 bits per heavy atom. The number of nitrogens with one attached hydrogen (secondary N) is 1. The van der Waals surface area contributed by atoms with Crippen molar-refractivity contribution >= 4 is 17.2 Å². The average molecular weight is 293 g/mol. The number of aromatic nitrogens is 4. The van der Waals surface area contributed by atoms with E-state index < -0.39 is 0 Å². The minimum atomic E-state index is -0.118. The molecule has 1 saturated heterocycles. The van der Waals surface area contributed by atoms with E-state index in [1.807, 2.05) is 16.8 Å². The van der Waals surface area contributed by atoms with Gasteiger partial charge in [-0.3, -0.25) is 4.79 Å². The van der Waals surface area contributed by atoms with Crippen molar-refractivity contribution in [3.8, 4) is 11.4 Å². The summed E-state index contributed by atoms with van der Waals surface area (Å²) in [7, 11) is 0. The van der Waals surface area contributed by atoms with Gasteiger partial charge in [0, 0.05) is 22.9 Å². The topological polar surface area (TPSA) is 81.9 Å². The van der Waals surface area contributed by atoms with E-state index in [0.29, 0.717) is 25.6 Å². The Hall–Kier alpha value is -1.80. The Morgan fingerprint density at radius 2 is 2.45 bits per heavy atom. The van der Waals surface area contributed by atoms with Crippen molar-refractivity contribution < 1.29 is 9.53 Å². The van der Waals surface area contributed by atoms with Crippen LogP contribution in [0.1, 0.15) is 6.92 Å². The molecule has 3 heterocycles. The third kappa shape index (κ3) is 2.86. The quantitative estimate of drug-likeness (QED) is 0.871. The number of amides is 1. The summed E-state index contributed by atoms with van der Waals surface area (Å²) >= 11 is 1.57. The first-order valence-electron chi connectivity index (χ1n) is 6.29. The van der Waals surface area contributed by atoms with Crippen molar-refractivity contribution in [1.82, 2.24) is 25.5 Å². The van der Waals surface area contributed by atoms with Crippen LogP contribution in [0.25, 0.3) is 11.4 Å². The number of thiophene rings is 1. The highest BCUT2D eigenvalue weighted by Gasteiger charge is 2.33. The molecule has 1 N–H and O–H groups in total. The molecule has 1 amide bonds. The summed E-state index contributed by atoms with van der Waals surface area (Å²) in [5, 5.41) is 18.8. The van der Waals surface area contributed by atoms with E-state index >= 15 is 0 Å². The van der Waals surface area contributed by atoms with Gasteiger partial charge in [0.05, 0.1) is 13.2 Å². The largest absolute Gasteiger partial charge is 0.380 e. The van der Waals surface area contributed by atoms with Gasteiger partial charge in [-0.05, 0) is 16.7 Å². The standard InChI is InChI=1S/C12H15N5O2S/c1-12(7-19-8-12)6-13-10(18)4-17-15-11(14-16-17)9-2-3-20-5-9/h2-3,5H,4,6-8H2,1H3,(H,13,18). The maximum atomic E-state index is 11.8. The van der Waals surface area contributed by atoms with Crippen LogP contribution < -0.4 is 5.32 Å². The molecule has 8 heteroatoms. The fourth-order valence-corrected chi connectivity index (χ4v) is 2.50. The van der Waals surface area contributed by atoms with Crippen molar-refractivity contribution in [2.75, 3.05) is 19.8 Å². The van der Waals surface area contributed by atoms with Crippen LogP contribution in [0.15, 0.2) is 16.8 Å². The van der Waals surface area contributed by atoms with E-state index in [0.717, 1.165) is 5.56 Å². The van der Waals surface area contributed by atoms with E-state index in [1.165, 1.54) is 4.80 Å². The minimum Gasteiger partial charge on any atom is -0.380 e. The molecular weight excluding hydrogens is 278 g/mol. The minimum absolute atomic E-state index is 0.0628. The highest BCUT2D eigenvalue weighted by molar-refractivity contribution is 7.08. The fourth-order valence-electron chi connectivity index (χ4n) is 1.87. The van der Waals surface area contributed by atoms with Crippen molar-refractivity contribution in [3.63, 3.8) is 0 Å². The second-order valence-corrected chi connectivity index (χ2v) is 6.02. The lowest BCUT2D eigenvalue weighted by Gasteiger charge is -2.37. The lowest BCUT2D eigenvalue weighted by Crippen LogP contribution is -2.49. The lowest BCUT2D eigenvalue weighted by atomic mass is 9.89. The SMILES string of the molecule is CC1(CNC(=O)Cn2nnc(-c3ccsc3)n2)COC1. The second kappa shape index (κ2) is 5.29. The summed E-state index contributed by atoms with van der Waals surface area (Å²) in [6.07, 6.45) is 0. The molecule has 0 unspecified atom stereocenters. The molecule has 1 aliphatic rings. The maximum Gasteiger partial charge on any atom is 0.243 e. The highest BCUT2D eigenvalue weighted by Crippen LogP contribution is 2.24. The molecular formula is C12H15N5O2S. The molecule has 7 nitrogen and oxygen atoms in total. The van der Waals surface area contributed by atoms with E-state index in [9.17, 15) is 4.79 Å². The molecule has 2 aromatic heterocycles. The van der Waals surface area contributed by atoms with Gasteiger partial charge in [0.15, 0.2) is 0 Å². The molecule has 0 atom stereocenters. The van der Waals surface area contributed by atoms with Crippen LogP contribution in [0.3, 0.4) is 0 Å². The van der Waals surface area contributed by atoms with Crippen LogP contribution in [-0.4, -0.2) is 45.9 Å². The lowest BCUT2D eigenvalue weighted by molar-refractivity contribution is -0.127. The highest BCUT2D eigenvalue weighted by atomic mass is 32.1. The van der Waals surface area contributed by atoms with Crippen molar-refractivity contribution in [3.05, 3.63) is 16.8 Å². The van der Waals surface area contributed by atoms with Crippen molar-refractivity contribution in [2.45, 2.75) is 13.5 Å². The molecule has 0 aromatic carbocycles. The Labute approximate surface area is 119 Å². The third-order valence-electron chi connectivity index (χ3n) is 3.13. The van der Waals surface area contributed by atoms with Crippen LogP contribution in [0.2, 0.25) is 0 Å². The first-order chi connectivity index (χ1) is 9.65. The molecule has 106 valence electrons. The summed E-state index contributed by atoms with van der Waals surface area (Å²) in [5.74, 6) is 0.422. The van der Waals surface area contributed by atoms with E-state index in [2.05, 4.69) is 27.7 Å². The van der Waals surface area contributed by atoms with Crippen LogP contribution in [0.5, 0.6) is 0 Å². The number of carbonyl (C=O) groups excluding carboxylic acids is 1. The zero-order valence-electron chi connectivity index (χ0n) is 11.1. The summed E-state index contributed by atoms with van der Waals surface area (Å²) in [6, 6.07) is 1.92. The normalized spacial score (nSPS) is 16.6. The third-order valence-corrected chi connectivity index (χ3v) is 3.81. The predicted molar refractivity (Wildman–Crippen MR) is 73.1 cm³/mol. The van der Waals surface area contributed by atoms with Gasteiger partial charge in [0.2, 0.25) is 11.7 Å². The van der Waals surface area contributed by atoms with Gasteiger partial charge in [-0.25, -0.2) is 0 Å². The van der Waals surface area contributed by atoms with Gasteiger partial charge >= 0.3 is 0 Å². The molecule has 0 radical (unpaired) electrons. The Morgan fingerprint density at radius 3 is 3.10 bits per heavy atom. The molecule has 2 aromatic rings. The zero-order valence-corrected chi connectivity index (χ0v) is 11.9. The van der Waals surface area contributed by atoms with Gasteiger partial charge in [0.1, 0.15) is 6.54 Å². The van der Waals surface area contributed by atoms with Gasteiger partial charge in [-0.15, -0.1) is 10.2 Å². The maximum absolute atomic E-state index is 11.8. The molecule has 0 bridgehead atoms. The first-order valence-corrected chi connectivity index (χ1v) is 7.24. The van der Waals surface area contributed by atoms with Crippen LogP contribution in [-0.2, 0) is 16.1 Å². The second-order valence-electron chi connectivity index (χ2n) is 5.24. The fraction of sp³-hybridized carbons (Fsp3) is 0.500.